The molecule has 34 heavy (non-hydrogen) atoms. The van der Waals surface area contributed by atoms with Crippen LogP contribution in [-0.2, 0) is 6.54 Å². The van der Waals surface area contributed by atoms with Crippen molar-refractivity contribution in [1.82, 2.24) is 25.1 Å². The molecule has 2 aromatic rings. The topological polar surface area (TPSA) is 88.4 Å². The molecule has 1 aromatic carbocycles. The summed E-state index contributed by atoms with van der Waals surface area (Å²) in [5, 5.41) is 12.1. The van der Waals surface area contributed by atoms with E-state index in [9.17, 15) is 4.79 Å². The van der Waals surface area contributed by atoms with Gasteiger partial charge in [-0.1, -0.05) is 30.3 Å². The summed E-state index contributed by atoms with van der Waals surface area (Å²) in [7, 11) is 0. The van der Waals surface area contributed by atoms with Crippen LogP contribution in [0.25, 0.3) is 0 Å². The molecule has 1 N–H and O–H groups in total. The number of likely N-dealkylation sites (tertiary alicyclic amines) is 1. The van der Waals surface area contributed by atoms with Crippen LogP contribution in [0.5, 0.6) is 0 Å². The number of aromatic nitrogens is 2. The Labute approximate surface area is 202 Å². The molecule has 0 spiro atoms. The molecule has 4 rings (SSSR count). The van der Waals surface area contributed by atoms with Crippen LogP contribution < -0.4 is 10.2 Å². The number of carbonyl (C=O) groups is 1. The highest BCUT2D eigenvalue weighted by Gasteiger charge is 2.34. The van der Waals surface area contributed by atoms with Gasteiger partial charge in [0.25, 0.3) is 0 Å². The average Bonchev–Trinajstić information content (AvgIpc) is 2.85. The molecule has 0 unspecified atom stereocenters. The zero-order chi connectivity index (χ0) is 23.9. The van der Waals surface area contributed by atoms with E-state index in [1.165, 1.54) is 18.4 Å². The number of nitrogens with one attached hydrogen (secondary N) is 1. The SMILES string of the molecule is C[C@@H]1CN(c2ncc(C#N)cn2)C[C@@H](C)N1C(=O)NCCC1CCN(Cc2ccccc2)CC1. The van der Waals surface area contributed by atoms with Gasteiger partial charge < -0.3 is 15.1 Å². The Hall–Kier alpha value is -3.18. The average molecular weight is 462 g/mol. The minimum Gasteiger partial charge on any atom is -0.338 e. The molecule has 1 aromatic heterocycles. The number of anilines is 1. The molecular formula is C26H35N7O. The van der Waals surface area contributed by atoms with E-state index in [1.807, 2.05) is 11.0 Å². The Balaban J connectivity index is 1.19. The summed E-state index contributed by atoms with van der Waals surface area (Å²) in [5.74, 6) is 1.28. The summed E-state index contributed by atoms with van der Waals surface area (Å²) in [5.41, 5.74) is 1.83. The summed E-state index contributed by atoms with van der Waals surface area (Å²) >= 11 is 0. The fourth-order valence-corrected chi connectivity index (χ4v) is 5.18. The number of benzene rings is 1. The van der Waals surface area contributed by atoms with Crippen molar-refractivity contribution in [3.63, 3.8) is 0 Å². The van der Waals surface area contributed by atoms with Crippen LogP contribution in [0.3, 0.4) is 0 Å². The quantitative estimate of drug-likeness (QED) is 0.710. The van der Waals surface area contributed by atoms with E-state index in [2.05, 4.69) is 69.3 Å². The first-order valence-corrected chi connectivity index (χ1v) is 12.3. The second-order valence-electron chi connectivity index (χ2n) is 9.62. The Morgan fingerprint density at radius 3 is 2.35 bits per heavy atom. The molecule has 8 nitrogen and oxygen atoms in total. The fourth-order valence-electron chi connectivity index (χ4n) is 5.18. The van der Waals surface area contributed by atoms with E-state index < -0.39 is 0 Å². The van der Waals surface area contributed by atoms with E-state index in [0.29, 0.717) is 30.5 Å². The van der Waals surface area contributed by atoms with Gasteiger partial charge in [-0.15, -0.1) is 0 Å². The molecule has 2 atom stereocenters. The monoisotopic (exact) mass is 461 g/mol. The van der Waals surface area contributed by atoms with Gasteiger partial charge in [0.05, 0.1) is 18.0 Å². The van der Waals surface area contributed by atoms with Crippen LogP contribution in [0.4, 0.5) is 10.7 Å². The van der Waals surface area contributed by atoms with E-state index in [1.54, 1.807) is 12.4 Å². The zero-order valence-electron chi connectivity index (χ0n) is 20.2. The summed E-state index contributed by atoms with van der Waals surface area (Å²) in [6.07, 6.45) is 6.51. The van der Waals surface area contributed by atoms with Gasteiger partial charge in [-0.25, -0.2) is 14.8 Å². The molecule has 2 fully saturated rings. The van der Waals surface area contributed by atoms with Crippen molar-refractivity contribution >= 4 is 12.0 Å². The molecule has 2 aliphatic rings. The molecule has 2 saturated heterocycles. The van der Waals surface area contributed by atoms with E-state index in [0.717, 1.165) is 32.6 Å². The minimum absolute atomic E-state index is 0.0157. The van der Waals surface area contributed by atoms with Gasteiger partial charge in [0.2, 0.25) is 5.95 Å². The number of carbonyl (C=O) groups excluding carboxylic acids is 1. The number of urea groups is 1. The third kappa shape index (κ3) is 6.03. The Morgan fingerprint density at radius 2 is 1.74 bits per heavy atom. The van der Waals surface area contributed by atoms with Crippen molar-refractivity contribution in [3.8, 4) is 6.07 Å². The number of hydrogen-bond donors (Lipinski definition) is 1. The van der Waals surface area contributed by atoms with Gasteiger partial charge in [-0.05, 0) is 57.7 Å². The molecule has 0 bridgehead atoms. The van der Waals surface area contributed by atoms with Gasteiger partial charge in [-0.2, -0.15) is 5.26 Å². The summed E-state index contributed by atoms with van der Waals surface area (Å²) < 4.78 is 0. The number of nitrogens with zero attached hydrogens (tertiary/aromatic N) is 6. The van der Waals surface area contributed by atoms with Gasteiger partial charge in [0.15, 0.2) is 0 Å². The summed E-state index contributed by atoms with van der Waals surface area (Å²) in [6.45, 7) is 9.47. The van der Waals surface area contributed by atoms with Crippen molar-refractivity contribution in [1.29, 1.82) is 5.26 Å². The van der Waals surface area contributed by atoms with Crippen molar-refractivity contribution in [3.05, 3.63) is 53.9 Å². The number of amides is 2. The summed E-state index contributed by atoms with van der Waals surface area (Å²) in [6, 6.07) is 12.8. The number of hydrogen-bond acceptors (Lipinski definition) is 6. The van der Waals surface area contributed by atoms with Crippen molar-refractivity contribution in [2.75, 3.05) is 37.6 Å². The second-order valence-corrected chi connectivity index (χ2v) is 9.62. The van der Waals surface area contributed by atoms with E-state index in [4.69, 9.17) is 5.26 Å². The largest absolute Gasteiger partial charge is 0.338 e. The molecule has 2 amide bonds. The first-order chi connectivity index (χ1) is 16.5. The van der Waals surface area contributed by atoms with Crippen LogP contribution in [0.2, 0.25) is 0 Å². The molecule has 0 saturated carbocycles. The van der Waals surface area contributed by atoms with Crippen LogP contribution in [-0.4, -0.2) is 70.6 Å². The number of nitriles is 1. The number of rotatable bonds is 6. The van der Waals surface area contributed by atoms with Gasteiger partial charge in [0.1, 0.15) is 6.07 Å². The molecule has 180 valence electrons. The smallest absolute Gasteiger partial charge is 0.318 e. The Kier molecular flexibility index (Phi) is 7.96. The normalized spacial score (nSPS) is 21.8. The third-order valence-corrected chi connectivity index (χ3v) is 6.99. The Bertz CT molecular complexity index is 955. The lowest BCUT2D eigenvalue weighted by molar-refractivity contribution is 0.139. The highest BCUT2D eigenvalue weighted by atomic mass is 16.2. The molecular weight excluding hydrogens is 426 g/mol. The number of piperidine rings is 1. The highest BCUT2D eigenvalue weighted by molar-refractivity contribution is 5.75. The Morgan fingerprint density at radius 1 is 1.09 bits per heavy atom. The van der Waals surface area contributed by atoms with Gasteiger partial charge in [0, 0.05) is 38.3 Å². The van der Waals surface area contributed by atoms with Gasteiger partial charge >= 0.3 is 6.03 Å². The van der Waals surface area contributed by atoms with E-state index in [-0.39, 0.29) is 18.1 Å². The second kappa shape index (κ2) is 11.3. The predicted octanol–water partition coefficient (Wildman–Crippen LogP) is 3.26. The van der Waals surface area contributed by atoms with Crippen LogP contribution >= 0.6 is 0 Å². The van der Waals surface area contributed by atoms with Crippen LogP contribution in [0.15, 0.2) is 42.7 Å². The predicted molar refractivity (Wildman–Crippen MR) is 132 cm³/mol. The lowest BCUT2D eigenvalue weighted by atomic mass is 9.93. The van der Waals surface area contributed by atoms with Crippen molar-refractivity contribution in [2.45, 2.75) is 51.7 Å². The van der Waals surface area contributed by atoms with Crippen LogP contribution in [0.1, 0.15) is 44.2 Å². The fraction of sp³-hybridized carbons (Fsp3) is 0.538. The van der Waals surface area contributed by atoms with Crippen LogP contribution in [0, 0.1) is 17.2 Å². The lowest BCUT2D eigenvalue weighted by Crippen LogP contribution is -2.61. The molecule has 0 radical (unpaired) electrons. The van der Waals surface area contributed by atoms with Crippen molar-refractivity contribution in [2.24, 2.45) is 5.92 Å². The highest BCUT2D eigenvalue weighted by Crippen LogP contribution is 2.22. The standard InChI is InChI=1S/C26H35N7O/c1-20-17-32(25-29-15-24(14-27)16-30-25)18-21(2)33(20)26(34)28-11-8-22-9-12-31(13-10-22)19-23-6-4-3-5-7-23/h3-7,15-16,20-22H,8-13,17-19H2,1-2H3,(H,28,34)/t20-,21-/m1/s1. The molecule has 3 heterocycles. The summed E-state index contributed by atoms with van der Waals surface area (Å²) in [4.78, 5) is 28.2. The zero-order valence-corrected chi connectivity index (χ0v) is 20.2. The maximum Gasteiger partial charge on any atom is 0.318 e. The maximum absolute atomic E-state index is 13.0. The third-order valence-electron chi connectivity index (χ3n) is 6.99. The minimum atomic E-state index is 0.0157. The van der Waals surface area contributed by atoms with Gasteiger partial charge in [-0.3, -0.25) is 4.90 Å². The van der Waals surface area contributed by atoms with E-state index >= 15 is 0 Å². The first-order valence-electron chi connectivity index (χ1n) is 12.3. The number of piperazine rings is 1. The first kappa shape index (κ1) is 24.0. The molecule has 2 aliphatic heterocycles. The molecule has 0 aliphatic carbocycles. The molecule has 8 heteroatoms. The van der Waals surface area contributed by atoms with Crippen molar-refractivity contribution < 1.29 is 4.79 Å². The lowest BCUT2D eigenvalue weighted by Gasteiger charge is -2.44. The maximum atomic E-state index is 13.0.